The largest absolute Gasteiger partial charge is 0.456 e. The fourth-order valence-corrected chi connectivity index (χ4v) is 8.16. The van der Waals surface area contributed by atoms with Crippen molar-refractivity contribution in [2.75, 3.05) is 0 Å². The number of para-hydroxylation sites is 1. The highest BCUT2D eigenvalue weighted by molar-refractivity contribution is 6.05. The molecule has 9 aromatic rings. The van der Waals surface area contributed by atoms with Gasteiger partial charge in [-0.15, -0.1) is 0 Å². The normalized spacial score (nSPS) is 13.4. The molecule has 2 aromatic heterocycles. The average molecular weight is 697 g/mol. The van der Waals surface area contributed by atoms with E-state index < -0.39 is 0 Å². The maximum atomic E-state index is 6.59. The van der Waals surface area contributed by atoms with Gasteiger partial charge in [-0.05, 0) is 88.0 Å². The van der Waals surface area contributed by atoms with Gasteiger partial charge < -0.3 is 13.9 Å². The van der Waals surface area contributed by atoms with Crippen LogP contribution in [0.4, 0.5) is 0 Å². The summed E-state index contributed by atoms with van der Waals surface area (Å²) in [6.45, 7) is 4.54. The second-order valence-electron chi connectivity index (χ2n) is 14.6. The summed E-state index contributed by atoms with van der Waals surface area (Å²) in [6, 6.07) is 54.2. The van der Waals surface area contributed by atoms with E-state index in [4.69, 9.17) is 23.9 Å². The van der Waals surface area contributed by atoms with E-state index in [1.807, 2.05) is 48.5 Å². The Morgan fingerprint density at radius 3 is 1.98 bits per heavy atom. The van der Waals surface area contributed by atoms with Crippen molar-refractivity contribution in [3.8, 4) is 79.2 Å². The molecule has 0 N–H and O–H groups in total. The molecule has 0 radical (unpaired) electrons. The first-order valence-corrected chi connectivity index (χ1v) is 18.2. The predicted molar refractivity (Wildman–Crippen MR) is 215 cm³/mol. The molecule has 11 rings (SSSR count). The van der Waals surface area contributed by atoms with Gasteiger partial charge in [0.2, 0.25) is 0 Å². The molecule has 3 heterocycles. The molecule has 2 aliphatic rings. The lowest BCUT2D eigenvalue weighted by molar-refractivity contribution is 0.359. The highest BCUT2D eigenvalue weighted by Gasteiger charge is 2.37. The smallest absolute Gasteiger partial charge is 0.170 e. The summed E-state index contributed by atoms with van der Waals surface area (Å²) >= 11 is 0. The predicted octanol–water partition coefficient (Wildman–Crippen LogP) is 13.2. The van der Waals surface area contributed by atoms with Crippen LogP contribution in [-0.2, 0) is 5.41 Å². The van der Waals surface area contributed by atoms with Crippen molar-refractivity contribution in [2.45, 2.75) is 19.3 Å². The van der Waals surface area contributed by atoms with Crippen LogP contribution in [0.3, 0.4) is 0 Å². The topological polar surface area (TPSA) is 57.4 Å². The first-order valence-electron chi connectivity index (χ1n) is 18.2. The third kappa shape index (κ3) is 4.79. The van der Waals surface area contributed by atoms with Gasteiger partial charge in [0, 0.05) is 32.9 Å². The molecule has 256 valence electrons. The number of rotatable bonds is 4. The Kier molecular flexibility index (Phi) is 6.53. The van der Waals surface area contributed by atoms with Gasteiger partial charge in [0.15, 0.2) is 28.8 Å². The van der Waals surface area contributed by atoms with Crippen LogP contribution in [0.1, 0.15) is 25.0 Å². The summed E-state index contributed by atoms with van der Waals surface area (Å²) < 4.78 is 19.3. The van der Waals surface area contributed by atoms with Crippen molar-refractivity contribution in [1.82, 2.24) is 9.97 Å². The Bertz CT molecular complexity index is 2980. The summed E-state index contributed by atoms with van der Waals surface area (Å²) in [5, 5.41) is 2.17. The molecular formula is C49H32N2O3. The average Bonchev–Trinajstić information content (AvgIpc) is 3.70. The summed E-state index contributed by atoms with van der Waals surface area (Å²) in [6.07, 6.45) is 0. The molecule has 0 bridgehead atoms. The maximum absolute atomic E-state index is 6.59. The summed E-state index contributed by atoms with van der Waals surface area (Å²) in [5.74, 6) is 3.49. The van der Waals surface area contributed by atoms with E-state index >= 15 is 0 Å². The third-order valence-corrected chi connectivity index (χ3v) is 11.0. The Balaban J connectivity index is 0.967. The highest BCUT2D eigenvalue weighted by atomic mass is 16.6. The van der Waals surface area contributed by atoms with Crippen LogP contribution in [0.2, 0.25) is 0 Å². The molecule has 1 aliphatic heterocycles. The molecule has 7 aromatic carbocycles. The van der Waals surface area contributed by atoms with Gasteiger partial charge in [-0.2, -0.15) is 0 Å². The number of ether oxygens (including phenoxy) is 2. The lowest BCUT2D eigenvalue weighted by Crippen LogP contribution is -2.15. The first kappa shape index (κ1) is 30.6. The molecule has 0 saturated carbocycles. The van der Waals surface area contributed by atoms with E-state index in [0.29, 0.717) is 17.3 Å². The lowest BCUT2D eigenvalue weighted by atomic mass is 9.82. The molecular weight excluding hydrogens is 665 g/mol. The SMILES string of the molecule is CC1(C)c2ccccc2-c2cc3c(cc21)Oc1ccc(-c2cccc(-c4cc(-c5ccccc5)nc(-c5ccc6c(c5)oc5ccccc56)n4)c2)cc1O3. The molecule has 0 atom stereocenters. The zero-order valence-electron chi connectivity index (χ0n) is 29.6. The van der Waals surface area contributed by atoms with Gasteiger partial charge in [-0.3, -0.25) is 0 Å². The number of aromatic nitrogens is 2. The quantitative estimate of drug-likeness (QED) is 0.183. The molecule has 0 amide bonds. The van der Waals surface area contributed by atoms with Gasteiger partial charge in [0.05, 0.1) is 11.4 Å². The first-order chi connectivity index (χ1) is 26.5. The van der Waals surface area contributed by atoms with Gasteiger partial charge in [-0.25, -0.2) is 9.97 Å². The van der Waals surface area contributed by atoms with Crippen molar-refractivity contribution in [3.63, 3.8) is 0 Å². The second kappa shape index (κ2) is 11.5. The second-order valence-corrected chi connectivity index (χ2v) is 14.6. The molecule has 54 heavy (non-hydrogen) atoms. The number of hydrogen-bond donors (Lipinski definition) is 0. The number of benzene rings is 7. The van der Waals surface area contributed by atoms with Gasteiger partial charge >= 0.3 is 0 Å². The van der Waals surface area contributed by atoms with Crippen LogP contribution in [0.5, 0.6) is 23.0 Å². The van der Waals surface area contributed by atoms with Crippen LogP contribution in [0.25, 0.3) is 78.1 Å². The fraction of sp³-hybridized carbons (Fsp3) is 0.0612. The van der Waals surface area contributed by atoms with E-state index in [2.05, 4.69) is 123 Å². The Labute approximate surface area is 312 Å². The minimum Gasteiger partial charge on any atom is -0.456 e. The zero-order valence-corrected chi connectivity index (χ0v) is 29.6. The lowest BCUT2D eigenvalue weighted by Gasteiger charge is -2.25. The number of furan rings is 1. The van der Waals surface area contributed by atoms with E-state index in [-0.39, 0.29) is 5.41 Å². The number of hydrogen-bond acceptors (Lipinski definition) is 5. The summed E-state index contributed by atoms with van der Waals surface area (Å²) in [7, 11) is 0. The van der Waals surface area contributed by atoms with Crippen LogP contribution >= 0.6 is 0 Å². The summed E-state index contributed by atoms with van der Waals surface area (Å²) in [4.78, 5) is 10.2. The van der Waals surface area contributed by atoms with E-state index in [9.17, 15) is 0 Å². The van der Waals surface area contributed by atoms with E-state index in [1.54, 1.807) is 0 Å². The van der Waals surface area contributed by atoms with Gasteiger partial charge in [-0.1, -0.05) is 117 Å². The van der Waals surface area contributed by atoms with E-state index in [0.717, 1.165) is 72.6 Å². The molecule has 5 heteroatoms. The Morgan fingerprint density at radius 2 is 1.07 bits per heavy atom. The molecule has 1 aliphatic carbocycles. The van der Waals surface area contributed by atoms with Crippen LogP contribution in [0, 0.1) is 0 Å². The molecule has 0 fully saturated rings. The maximum Gasteiger partial charge on any atom is 0.170 e. The van der Waals surface area contributed by atoms with Gasteiger partial charge in [0.25, 0.3) is 0 Å². The van der Waals surface area contributed by atoms with Crippen LogP contribution < -0.4 is 9.47 Å². The minimum absolute atomic E-state index is 0.117. The summed E-state index contributed by atoms with van der Waals surface area (Å²) in [5.41, 5.74) is 13.2. The molecule has 5 nitrogen and oxygen atoms in total. The molecule has 0 spiro atoms. The van der Waals surface area contributed by atoms with Crippen molar-refractivity contribution in [3.05, 3.63) is 169 Å². The van der Waals surface area contributed by atoms with Crippen molar-refractivity contribution in [2.24, 2.45) is 0 Å². The van der Waals surface area contributed by atoms with Crippen molar-refractivity contribution < 1.29 is 13.9 Å². The van der Waals surface area contributed by atoms with Crippen LogP contribution in [-0.4, -0.2) is 9.97 Å². The third-order valence-electron chi connectivity index (χ3n) is 11.0. The fourth-order valence-electron chi connectivity index (χ4n) is 8.16. The standard InChI is InChI=1S/C49H32N2O3/c1-49(2)38-17-8-6-15-34(38)37-26-46-47(27-39(37)49)53-43-22-20-31(24-45(43)54-46)30-13-10-14-32(23-30)41-28-40(29-11-4-3-5-12-29)50-48(51-41)33-19-21-36-35-16-7-9-18-42(35)52-44(36)25-33/h3-28H,1-2H3. The number of nitrogens with zero attached hydrogens (tertiary/aromatic N) is 2. The van der Waals surface area contributed by atoms with Crippen molar-refractivity contribution in [1.29, 1.82) is 0 Å². The zero-order chi connectivity index (χ0) is 36.0. The highest BCUT2D eigenvalue weighted by Crippen LogP contribution is 2.55. The van der Waals surface area contributed by atoms with Gasteiger partial charge in [0.1, 0.15) is 11.2 Å². The monoisotopic (exact) mass is 696 g/mol. The Morgan fingerprint density at radius 1 is 0.407 bits per heavy atom. The van der Waals surface area contributed by atoms with Crippen molar-refractivity contribution >= 4 is 21.9 Å². The van der Waals surface area contributed by atoms with Crippen LogP contribution in [0.15, 0.2) is 162 Å². The molecule has 0 saturated heterocycles. The minimum atomic E-state index is -0.117. The number of fused-ring (bicyclic) bond motifs is 8. The Hall–Kier alpha value is -6.98. The van der Waals surface area contributed by atoms with E-state index in [1.165, 1.54) is 22.3 Å². The molecule has 0 unspecified atom stereocenters.